The zero-order valence-electron chi connectivity index (χ0n) is 24.9. The van der Waals surface area contributed by atoms with E-state index in [9.17, 15) is 0 Å². The number of hydrogen-bond acceptors (Lipinski definition) is 1. The molecule has 214 valence electrons. The Balaban J connectivity index is 1.33. The Hall–Kier alpha value is -5.70. The van der Waals surface area contributed by atoms with Gasteiger partial charge in [-0.15, -0.1) is 11.3 Å². The van der Waals surface area contributed by atoms with Crippen molar-refractivity contribution in [2.45, 2.75) is 0 Å². The summed E-state index contributed by atoms with van der Waals surface area (Å²) in [6.07, 6.45) is 0. The van der Waals surface area contributed by atoms with Gasteiger partial charge in [-0.25, -0.2) is 0 Å². The van der Waals surface area contributed by atoms with Crippen LogP contribution in [0.5, 0.6) is 0 Å². The Morgan fingerprint density at radius 3 is 1.87 bits per heavy atom. The van der Waals surface area contributed by atoms with Crippen molar-refractivity contribution in [1.82, 2.24) is 4.57 Å². The van der Waals surface area contributed by atoms with Gasteiger partial charge >= 0.3 is 0 Å². The van der Waals surface area contributed by atoms with Gasteiger partial charge in [-0.3, -0.25) is 0 Å². The van der Waals surface area contributed by atoms with Crippen LogP contribution in [-0.2, 0) is 0 Å². The first-order valence-electron chi connectivity index (χ1n) is 15.8. The van der Waals surface area contributed by atoms with Gasteiger partial charge in [0.25, 0.3) is 0 Å². The topological polar surface area (TPSA) is 4.93 Å². The first kappa shape index (κ1) is 25.6. The summed E-state index contributed by atoms with van der Waals surface area (Å²) in [6.45, 7) is 0. The molecule has 0 spiro atoms. The molecule has 8 aromatic carbocycles. The summed E-state index contributed by atoms with van der Waals surface area (Å²) in [5.41, 5.74) is 8.56. The number of rotatable bonds is 3. The van der Waals surface area contributed by atoms with E-state index in [-0.39, 0.29) is 0 Å². The molecule has 0 saturated heterocycles. The van der Waals surface area contributed by atoms with Gasteiger partial charge in [0.05, 0.1) is 11.0 Å². The minimum Gasteiger partial charge on any atom is -0.309 e. The molecule has 0 bridgehead atoms. The van der Waals surface area contributed by atoms with Gasteiger partial charge in [0.15, 0.2) is 0 Å². The third-order valence-corrected chi connectivity index (χ3v) is 10.7. The SMILES string of the molecule is c1ccc(-c2cccc(-n3c4cc5sc6ccc7ccccc7c6c5cc4c4c5ccc(-c6ccccc6)cc5ccc43)c2)cc1. The molecule has 10 rings (SSSR count). The second kappa shape index (κ2) is 9.90. The average molecular weight is 602 g/mol. The summed E-state index contributed by atoms with van der Waals surface area (Å²) in [7, 11) is 0. The first-order chi connectivity index (χ1) is 22.8. The molecular weight excluding hydrogens is 575 g/mol. The Kier molecular flexibility index (Phi) is 5.51. The maximum Gasteiger partial charge on any atom is 0.0555 e. The van der Waals surface area contributed by atoms with Gasteiger partial charge in [0.2, 0.25) is 0 Å². The van der Waals surface area contributed by atoms with Crippen LogP contribution in [0, 0.1) is 0 Å². The van der Waals surface area contributed by atoms with Crippen LogP contribution in [0.15, 0.2) is 164 Å². The molecule has 2 aromatic heterocycles. The van der Waals surface area contributed by atoms with E-state index >= 15 is 0 Å². The molecule has 0 aliphatic carbocycles. The number of aromatic nitrogens is 1. The van der Waals surface area contributed by atoms with Crippen molar-refractivity contribution in [3.8, 4) is 27.9 Å². The van der Waals surface area contributed by atoms with Gasteiger partial charge in [0, 0.05) is 36.6 Å². The molecule has 2 heterocycles. The second-order valence-electron chi connectivity index (χ2n) is 12.1. The molecule has 0 amide bonds. The summed E-state index contributed by atoms with van der Waals surface area (Å²) in [5.74, 6) is 0. The normalized spacial score (nSPS) is 11.9. The predicted octanol–water partition coefficient (Wildman–Crippen LogP) is 12.8. The third kappa shape index (κ3) is 3.81. The van der Waals surface area contributed by atoms with Gasteiger partial charge in [-0.05, 0) is 86.3 Å². The standard InChI is InChI=1S/C44H27NS/c1-3-10-28(11-4-1)31-15-9-16-34(25-31)45-39-22-19-33-24-32(29-12-5-2-6-13-29)18-21-36(33)43(39)37-26-38-42(27-40(37)45)46-41-23-20-30-14-7-8-17-35(30)44(38)41/h1-27H. The average Bonchev–Trinajstić information content (AvgIpc) is 3.66. The Morgan fingerprint density at radius 2 is 1.04 bits per heavy atom. The summed E-state index contributed by atoms with van der Waals surface area (Å²) in [6, 6.07) is 60.1. The molecule has 1 nitrogen and oxygen atoms in total. The molecule has 46 heavy (non-hydrogen) atoms. The molecule has 2 heteroatoms. The van der Waals surface area contributed by atoms with E-state index in [1.807, 2.05) is 11.3 Å². The monoisotopic (exact) mass is 601 g/mol. The predicted molar refractivity (Wildman–Crippen MR) is 200 cm³/mol. The largest absolute Gasteiger partial charge is 0.309 e. The van der Waals surface area contributed by atoms with Crippen LogP contribution in [-0.4, -0.2) is 4.57 Å². The lowest BCUT2D eigenvalue weighted by molar-refractivity contribution is 1.18. The fourth-order valence-corrected chi connectivity index (χ4v) is 8.56. The van der Waals surface area contributed by atoms with Crippen LogP contribution in [0.4, 0.5) is 0 Å². The van der Waals surface area contributed by atoms with Crippen molar-refractivity contribution in [2.24, 2.45) is 0 Å². The maximum atomic E-state index is 2.48. The van der Waals surface area contributed by atoms with Crippen LogP contribution >= 0.6 is 11.3 Å². The van der Waals surface area contributed by atoms with Gasteiger partial charge in [-0.1, -0.05) is 121 Å². The van der Waals surface area contributed by atoms with Crippen LogP contribution in [0.1, 0.15) is 0 Å². The first-order valence-corrected chi connectivity index (χ1v) is 16.6. The third-order valence-electron chi connectivity index (χ3n) is 9.55. The van der Waals surface area contributed by atoms with E-state index in [1.165, 1.54) is 91.5 Å². The van der Waals surface area contributed by atoms with E-state index in [2.05, 4.69) is 168 Å². The number of thiophene rings is 1. The highest BCUT2D eigenvalue weighted by Gasteiger charge is 2.19. The molecule has 0 fully saturated rings. The fraction of sp³-hybridized carbons (Fsp3) is 0. The molecule has 10 aromatic rings. The van der Waals surface area contributed by atoms with Crippen LogP contribution in [0.2, 0.25) is 0 Å². The maximum absolute atomic E-state index is 2.48. The van der Waals surface area contributed by atoms with Crippen molar-refractivity contribution >= 4 is 74.9 Å². The van der Waals surface area contributed by atoms with E-state index in [0.717, 1.165) is 0 Å². The zero-order valence-corrected chi connectivity index (χ0v) is 25.8. The number of hydrogen-bond donors (Lipinski definition) is 0. The van der Waals surface area contributed by atoms with E-state index in [0.29, 0.717) is 0 Å². The molecule has 0 saturated carbocycles. The lowest BCUT2D eigenvalue weighted by Crippen LogP contribution is -1.94. The molecule has 0 aliphatic rings. The number of nitrogens with zero attached hydrogens (tertiary/aromatic N) is 1. The zero-order chi connectivity index (χ0) is 30.2. The molecule has 0 unspecified atom stereocenters. The second-order valence-corrected chi connectivity index (χ2v) is 13.2. The Bertz CT molecular complexity index is 2790. The van der Waals surface area contributed by atoms with Crippen molar-refractivity contribution < 1.29 is 0 Å². The van der Waals surface area contributed by atoms with Gasteiger partial charge in [-0.2, -0.15) is 0 Å². The summed E-state index contributed by atoms with van der Waals surface area (Å²) < 4.78 is 5.13. The van der Waals surface area contributed by atoms with E-state index < -0.39 is 0 Å². The summed E-state index contributed by atoms with van der Waals surface area (Å²) >= 11 is 1.90. The lowest BCUT2D eigenvalue weighted by atomic mass is 9.97. The van der Waals surface area contributed by atoms with Crippen molar-refractivity contribution in [1.29, 1.82) is 0 Å². The quantitative estimate of drug-likeness (QED) is 0.190. The number of fused-ring (bicyclic) bond motifs is 10. The molecule has 0 aliphatic heterocycles. The van der Waals surface area contributed by atoms with Crippen LogP contribution < -0.4 is 0 Å². The Labute approximate surface area is 270 Å². The highest BCUT2D eigenvalue weighted by Crippen LogP contribution is 2.45. The van der Waals surface area contributed by atoms with Gasteiger partial charge in [0.1, 0.15) is 0 Å². The highest BCUT2D eigenvalue weighted by atomic mass is 32.1. The number of benzene rings is 8. The van der Waals surface area contributed by atoms with Crippen molar-refractivity contribution in [2.75, 3.05) is 0 Å². The minimum atomic E-state index is 1.17. The molecule has 0 N–H and O–H groups in total. The summed E-state index contributed by atoms with van der Waals surface area (Å²) in [4.78, 5) is 0. The van der Waals surface area contributed by atoms with E-state index in [4.69, 9.17) is 0 Å². The highest BCUT2D eigenvalue weighted by molar-refractivity contribution is 7.26. The van der Waals surface area contributed by atoms with Crippen LogP contribution in [0.25, 0.3) is 91.5 Å². The minimum absolute atomic E-state index is 1.17. The molecular formula is C44H27NS. The van der Waals surface area contributed by atoms with Gasteiger partial charge < -0.3 is 4.57 Å². The van der Waals surface area contributed by atoms with E-state index in [1.54, 1.807) is 0 Å². The molecule has 0 atom stereocenters. The smallest absolute Gasteiger partial charge is 0.0555 e. The lowest BCUT2D eigenvalue weighted by Gasteiger charge is -2.11. The summed E-state index contributed by atoms with van der Waals surface area (Å²) in [5, 5.41) is 10.4. The van der Waals surface area contributed by atoms with Crippen molar-refractivity contribution in [3.05, 3.63) is 164 Å². The fourth-order valence-electron chi connectivity index (χ4n) is 7.43. The Morgan fingerprint density at radius 1 is 0.348 bits per heavy atom. The molecule has 0 radical (unpaired) electrons. The van der Waals surface area contributed by atoms with Crippen LogP contribution in [0.3, 0.4) is 0 Å². The van der Waals surface area contributed by atoms with Crippen molar-refractivity contribution in [3.63, 3.8) is 0 Å².